The first-order valence-electron chi connectivity index (χ1n) is 25.2. The lowest BCUT2D eigenvalue weighted by atomic mass is 9.44. The van der Waals surface area contributed by atoms with Gasteiger partial charge in [0.25, 0.3) is 17.7 Å². The monoisotopic (exact) mass is 1080 g/mol. The molecule has 2 heterocycles. The maximum atomic E-state index is 16.3. The fourth-order valence-electron chi connectivity index (χ4n) is 11.8. The number of ether oxygens (including phenoxy) is 8. The number of esters is 6. The van der Waals surface area contributed by atoms with Crippen LogP contribution < -0.4 is 5.32 Å². The smallest absolute Gasteiger partial charge is 0.350 e. The normalized spacial score (nSPS) is 28.5. The molecule has 412 valence electrons. The first kappa shape index (κ1) is 56.3. The van der Waals surface area contributed by atoms with Gasteiger partial charge in [-0.1, -0.05) is 80.6 Å². The van der Waals surface area contributed by atoms with Gasteiger partial charge in [-0.05, 0) is 54.8 Å². The van der Waals surface area contributed by atoms with Crippen LogP contribution in [0.3, 0.4) is 0 Å². The van der Waals surface area contributed by atoms with Crippen LogP contribution in [0.4, 0.5) is 0 Å². The number of nitrogens with zero attached hydrogens (tertiary/aromatic N) is 1. The highest BCUT2D eigenvalue weighted by molar-refractivity contribution is 6.13. The minimum atomic E-state index is -2.59. The van der Waals surface area contributed by atoms with E-state index in [0.717, 1.165) is 30.9 Å². The van der Waals surface area contributed by atoms with Gasteiger partial charge in [0.2, 0.25) is 6.10 Å². The Balaban J connectivity index is 1.31. The van der Waals surface area contributed by atoms with Crippen LogP contribution in [-0.4, -0.2) is 144 Å². The number of fused-ring (bicyclic) bond motifs is 5. The number of rotatable bonds is 17. The van der Waals surface area contributed by atoms with Crippen LogP contribution in [0.5, 0.6) is 0 Å². The van der Waals surface area contributed by atoms with E-state index in [1.165, 1.54) is 59.1 Å². The standard InChI is InChI=1S/C57H60N2O19/c1-31-37(74-53(69)47(76-43(65)29-71-7)45(34-17-11-8-12-18-34)58-51(67)35-19-13-9-14-20-35)28-57(70)50(77-52(68)36-21-15-10-16-22-36)48-55(6,49(66)46(73-32(2)60)44(31)54(57,4)5)38(27-39-56(48,30-72-39)78-33(3)61)75-42(64)25-26-59-40(62)23-24-41(59)63/h8-24,37-39,45-48,50,70H,25-30H2,1-7H3,(H,58,67)/t37-,38-,39+,45-,46+,47+,48?,50-,55+,56-,57+/m0/s1. The van der Waals surface area contributed by atoms with Crippen molar-refractivity contribution in [2.24, 2.45) is 16.7 Å². The summed E-state index contributed by atoms with van der Waals surface area (Å²) in [6.45, 7) is 6.46. The third-order valence-electron chi connectivity index (χ3n) is 15.7. The second-order valence-electron chi connectivity index (χ2n) is 20.6. The van der Waals surface area contributed by atoms with Crippen molar-refractivity contribution in [1.29, 1.82) is 0 Å². The molecule has 11 atom stereocenters. The molecule has 2 saturated carbocycles. The number of nitrogens with one attached hydrogen (secondary N) is 1. The molecular formula is C57H60N2O19. The second kappa shape index (κ2) is 22.2. The van der Waals surface area contributed by atoms with Gasteiger partial charge in [0, 0.05) is 63.5 Å². The van der Waals surface area contributed by atoms with Gasteiger partial charge in [0.05, 0.1) is 29.9 Å². The molecule has 2 bridgehead atoms. The number of imide groups is 1. The zero-order valence-corrected chi connectivity index (χ0v) is 43.9. The molecule has 3 aromatic rings. The summed E-state index contributed by atoms with van der Waals surface area (Å²) >= 11 is 0. The Morgan fingerprint density at radius 2 is 1.38 bits per heavy atom. The van der Waals surface area contributed by atoms with Crippen molar-refractivity contribution in [2.45, 2.75) is 115 Å². The van der Waals surface area contributed by atoms with Gasteiger partial charge in [-0.15, -0.1) is 0 Å². The summed E-state index contributed by atoms with van der Waals surface area (Å²) in [6.07, 6.45) is -10.0. The quantitative estimate of drug-likeness (QED) is 0.0841. The molecule has 1 unspecified atom stereocenters. The topological polar surface area (TPSA) is 280 Å². The highest BCUT2D eigenvalue weighted by atomic mass is 16.6. The third kappa shape index (κ3) is 10.4. The summed E-state index contributed by atoms with van der Waals surface area (Å²) in [7, 11) is 1.22. The van der Waals surface area contributed by atoms with E-state index >= 15 is 9.59 Å². The predicted molar refractivity (Wildman–Crippen MR) is 268 cm³/mol. The minimum Gasteiger partial charge on any atom is -0.461 e. The van der Waals surface area contributed by atoms with Crippen LogP contribution >= 0.6 is 0 Å². The Morgan fingerprint density at radius 1 is 0.782 bits per heavy atom. The molecule has 0 aromatic heterocycles. The van der Waals surface area contributed by atoms with Crippen molar-refractivity contribution in [2.75, 3.05) is 26.9 Å². The van der Waals surface area contributed by atoms with Crippen molar-refractivity contribution >= 4 is 59.3 Å². The molecule has 21 heteroatoms. The summed E-state index contributed by atoms with van der Waals surface area (Å²) in [5.74, 6) is -11.0. The van der Waals surface area contributed by atoms with Crippen LogP contribution in [0.15, 0.2) is 114 Å². The molecule has 78 heavy (non-hydrogen) atoms. The molecule has 2 aliphatic heterocycles. The van der Waals surface area contributed by atoms with E-state index in [1.807, 2.05) is 0 Å². The lowest BCUT2D eigenvalue weighted by Gasteiger charge is -2.67. The van der Waals surface area contributed by atoms with E-state index in [1.54, 1.807) is 66.7 Å². The Labute approximate surface area is 448 Å². The zero-order valence-electron chi connectivity index (χ0n) is 43.9. The van der Waals surface area contributed by atoms with Crippen molar-refractivity contribution in [3.05, 3.63) is 131 Å². The number of benzene rings is 3. The number of ketones is 1. The van der Waals surface area contributed by atoms with E-state index < -0.39 is 163 Å². The van der Waals surface area contributed by atoms with Crippen molar-refractivity contribution < 1.29 is 90.9 Å². The van der Waals surface area contributed by atoms with E-state index in [2.05, 4.69) is 5.32 Å². The fourth-order valence-corrected chi connectivity index (χ4v) is 11.8. The van der Waals surface area contributed by atoms with E-state index in [-0.39, 0.29) is 28.7 Å². The number of hydrogen-bond donors (Lipinski definition) is 2. The molecule has 0 radical (unpaired) electrons. The summed E-state index contributed by atoms with van der Waals surface area (Å²) in [5.41, 5.74) is -8.29. The van der Waals surface area contributed by atoms with Gasteiger partial charge >= 0.3 is 35.8 Å². The lowest BCUT2D eigenvalue weighted by Crippen LogP contribution is -2.82. The highest BCUT2D eigenvalue weighted by Crippen LogP contribution is 2.65. The number of carbonyl (C=O) groups excluding carboxylic acids is 10. The summed E-state index contributed by atoms with van der Waals surface area (Å²) in [4.78, 5) is 140. The number of aliphatic hydroxyl groups is 1. The first-order valence-corrected chi connectivity index (χ1v) is 25.2. The van der Waals surface area contributed by atoms with Crippen LogP contribution in [0, 0.1) is 16.7 Å². The van der Waals surface area contributed by atoms with Gasteiger partial charge in [-0.25, -0.2) is 14.4 Å². The predicted octanol–water partition coefficient (Wildman–Crippen LogP) is 3.80. The van der Waals surface area contributed by atoms with Crippen LogP contribution in [0.1, 0.15) is 93.1 Å². The van der Waals surface area contributed by atoms with Crippen molar-refractivity contribution in [3.63, 3.8) is 0 Å². The van der Waals surface area contributed by atoms with E-state index in [9.17, 15) is 43.5 Å². The molecule has 3 aromatic carbocycles. The molecule has 3 aliphatic carbocycles. The summed E-state index contributed by atoms with van der Waals surface area (Å²) in [6, 6.07) is 22.3. The molecular weight excluding hydrogens is 1020 g/mol. The molecule has 8 rings (SSSR count). The molecule has 21 nitrogen and oxygen atoms in total. The maximum Gasteiger partial charge on any atom is 0.350 e. The number of hydrogen-bond acceptors (Lipinski definition) is 19. The Morgan fingerprint density at radius 3 is 1.95 bits per heavy atom. The SMILES string of the molecule is COCC(=O)O[C@@H](C(=O)O[C@H]1C[C@@]2(O)[C@@H](OC(=O)c3ccccc3)C3[C@](C)(C(=O)[C@H](OC(C)=O)C(=C1C)C2(C)C)[C@@H](OC(=O)CCN1C(=O)C=CC1=O)C[C@H]1OC[C@@]31OC(C)=O)[C@@H](NC(=O)c1ccccc1)c1ccccc1. The number of carbonyl (C=O) groups is 10. The largest absolute Gasteiger partial charge is 0.461 e. The molecule has 3 fully saturated rings. The highest BCUT2D eigenvalue weighted by Gasteiger charge is 2.79. The maximum absolute atomic E-state index is 16.3. The van der Waals surface area contributed by atoms with Crippen LogP contribution in [-0.2, 0) is 76.3 Å². The summed E-state index contributed by atoms with van der Waals surface area (Å²) in [5, 5.41) is 17.0. The molecule has 1 saturated heterocycles. The first-order chi connectivity index (χ1) is 37.0. The average Bonchev–Trinajstić information content (AvgIpc) is 3.89. The number of methoxy groups -OCH3 is 1. The van der Waals surface area contributed by atoms with Gasteiger partial charge in [-0.2, -0.15) is 0 Å². The molecule has 0 spiro atoms. The molecule has 2 N–H and O–H groups in total. The third-order valence-corrected chi connectivity index (χ3v) is 15.7. The second-order valence-corrected chi connectivity index (χ2v) is 20.6. The van der Waals surface area contributed by atoms with Crippen molar-refractivity contribution in [3.8, 4) is 0 Å². The van der Waals surface area contributed by atoms with Gasteiger partial charge in [0.15, 0.2) is 17.5 Å². The summed E-state index contributed by atoms with van der Waals surface area (Å²) < 4.78 is 48.3. The molecule has 5 aliphatic rings. The minimum absolute atomic E-state index is 0.0232. The Bertz CT molecular complexity index is 2940. The number of amides is 3. The fraction of sp³-hybridized carbons (Fsp3) is 0.439. The van der Waals surface area contributed by atoms with Gasteiger partial charge in [0.1, 0.15) is 42.7 Å². The average molecular weight is 1080 g/mol. The van der Waals surface area contributed by atoms with E-state index in [4.69, 9.17) is 37.9 Å². The van der Waals surface area contributed by atoms with Gasteiger partial charge < -0.3 is 48.3 Å². The Hall–Kier alpha value is -7.88. The van der Waals surface area contributed by atoms with Gasteiger partial charge in [-0.3, -0.25) is 38.5 Å². The number of Topliss-reactive ketones (excluding diaryl/α,β-unsaturated/α-hetero) is 1. The lowest BCUT2D eigenvalue weighted by molar-refractivity contribution is -0.346. The van der Waals surface area contributed by atoms with Crippen molar-refractivity contribution in [1.82, 2.24) is 10.2 Å². The van der Waals surface area contributed by atoms with Crippen LogP contribution in [0.25, 0.3) is 0 Å². The molecule has 3 amide bonds. The zero-order chi connectivity index (χ0) is 56.5. The van der Waals surface area contributed by atoms with Crippen LogP contribution in [0.2, 0.25) is 0 Å². The van der Waals surface area contributed by atoms with E-state index in [0.29, 0.717) is 5.56 Å². The Kier molecular flexibility index (Phi) is 16.1.